The Kier molecular flexibility index (Phi) is 4.23. The van der Waals surface area contributed by atoms with Crippen LogP contribution in [0.3, 0.4) is 0 Å². The van der Waals surface area contributed by atoms with E-state index in [0.717, 1.165) is 16.4 Å². The summed E-state index contributed by atoms with van der Waals surface area (Å²) in [6.07, 6.45) is 1.87. The summed E-state index contributed by atoms with van der Waals surface area (Å²) in [5.41, 5.74) is 1.26. The molecule has 0 unspecified atom stereocenters. The molecule has 0 saturated heterocycles. The van der Waals surface area contributed by atoms with Crippen molar-refractivity contribution in [2.75, 3.05) is 6.61 Å². The minimum atomic E-state index is -0.202. The van der Waals surface area contributed by atoms with Crippen molar-refractivity contribution in [3.63, 3.8) is 0 Å². The number of pyridine rings is 1. The number of hydrogen-bond acceptors (Lipinski definition) is 4. The molecule has 6 nitrogen and oxygen atoms in total. The van der Waals surface area contributed by atoms with Gasteiger partial charge in [-0.25, -0.2) is 0 Å². The lowest BCUT2D eigenvalue weighted by atomic mass is 10.1. The molecule has 0 aliphatic heterocycles. The van der Waals surface area contributed by atoms with Crippen LogP contribution in [0.1, 0.15) is 23.1 Å². The quantitative estimate of drug-likeness (QED) is 0.602. The number of nitrogens with one attached hydrogen (secondary N) is 1. The summed E-state index contributed by atoms with van der Waals surface area (Å²) in [6, 6.07) is 17.3. The Balaban J connectivity index is 1.61. The molecular formula is C20H18N4O2. The van der Waals surface area contributed by atoms with Crippen LogP contribution in [0, 0.1) is 0 Å². The van der Waals surface area contributed by atoms with E-state index in [1.165, 1.54) is 0 Å². The summed E-state index contributed by atoms with van der Waals surface area (Å²) >= 11 is 0. The molecule has 0 radical (unpaired) electrons. The van der Waals surface area contributed by atoms with E-state index in [1.54, 1.807) is 0 Å². The van der Waals surface area contributed by atoms with Gasteiger partial charge >= 0.3 is 0 Å². The maximum Gasteiger partial charge on any atom is 0.255 e. The molecule has 0 bridgehead atoms. The van der Waals surface area contributed by atoms with Crippen LogP contribution < -0.4 is 10.1 Å². The van der Waals surface area contributed by atoms with E-state index in [4.69, 9.17) is 4.74 Å². The number of amides is 1. The van der Waals surface area contributed by atoms with Crippen LogP contribution in [-0.2, 0) is 6.54 Å². The Hall–Kier alpha value is -3.41. The predicted molar refractivity (Wildman–Crippen MR) is 99.3 cm³/mol. The number of carbonyl (C=O) groups is 1. The third-order valence-corrected chi connectivity index (χ3v) is 4.18. The highest BCUT2D eigenvalue weighted by Crippen LogP contribution is 2.26. The molecule has 0 aliphatic rings. The Morgan fingerprint density at radius 2 is 1.85 bits per heavy atom. The average molecular weight is 346 g/mol. The number of rotatable bonds is 5. The van der Waals surface area contributed by atoms with Crippen LogP contribution in [0.4, 0.5) is 0 Å². The first-order valence-electron chi connectivity index (χ1n) is 8.48. The monoisotopic (exact) mass is 346 g/mol. The highest BCUT2D eigenvalue weighted by Gasteiger charge is 2.15. The fourth-order valence-corrected chi connectivity index (χ4v) is 2.94. The Bertz CT molecular complexity index is 1090. The SMILES string of the molecule is CCOc1cc2ccccc2cc1C(=O)NCc1nnc2ccccn12. The molecule has 0 aliphatic carbocycles. The summed E-state index contributed by atoms with van der Waals surface area (Å²) in [6.45, 7) is 2.68. The lowest BCUT2D eigenvalue weighted by Crippen LogP contribution is -2.24. The molecule has 2 aromatic heterocycles. The van der Waals surface area contributed by atoms with Crippen LogP contribution in [0.25, 0.3) is 16.4 Å². The van der Waals surface area contributed by atoms with Gasteiger partial charge in [0.05, 0.1) is 18.7 Å². The first-order valence-corrected chi connectivity index (χ1v) is 8.48. The molecule has 4 rings (SSSR count). The Labute approximate surface area is 150 Å². The summed E-state index contributed by atoms with van der Waals surface area (Å²) in [5, 5.41) is 13.2. The van der Waals surface area contributed by atoms with Crippen molar-refractivity contribution in [2.24, 2.45) is 0 Å². The topological polar surface area (TPSA) is 68.5 Å². The minimum Gasteiger partial charge on any atom is -0.493 e. The number of aromatic nitrogens is 3. The third kappa shape index (κ3) is 2.97. The number of hydrogen-bond donors (Lipinski definition) is 1. The van der Waals surface area contributed by atoms with E-state index in [1.807, 2.05) is 72.1 Å². The van der Waals surface area contributed by atoms with E-state index >= 15 is 0 Å². The minimum absolute atomic E-state index is 0.202. The second-order valence-electron chi connectivity index (χ2n) is 5.86. The van der Waals surface area contributed by atoms with Crippen LogP contribution in [0.15, 0.2) is 60.8 Å². The molecule has 0 saturated carbocycles. The molecule has 1 amide bonds. The van der Waals surface area contributed by atoms with E-state index in [-0.39, 0.29) is 12.5 Å². The van der Waals surface area contributed by atoms with Gasteiger partial charge in [0.2, 0.25) is 0 Å². The third-order valence-electron chi connectivity index (χ3n) is 4.18. The summed E-state index contributed by atoms with van der Waals surface area (Å²) in [5.74, 6) is 1.05. The van der Waals surface area contributed by atoms with Crippen molar-refractivity contribution in [1.29, 1.82) is 0 Å². The van der Waals surface area contributed by atoms with Gasteiger partial charge in [0.1, 0.15) is 5.75 Å². The van der Waals surface area contributed by atoms with Crippen molar-refractivity contribution < 1.29 is 9.53 Å². The number of ether oxygens (including phenoxy) is 1. The fraction of sp³-hybridized carbons (Fsp3) is 0.150. The molecule has 0 atom stereocenters. The van der Waals surface area contributed by atoms with Crippen LogP contribution in [0.5, 0.6) is 5.75 Å². The average Bonchev–Trinajstić information content (AvgIpc) is 3.09. The molecule has 1 N–H and O–H groups in total. The van der Waals surface area contributed by atoms with Gasteiger partial charge in [0.15, 0.2) is 11.5 Å². The van der Waals surface area contributed by atoms with Gasteiger partial charge < -0.3 is 10.1 Å². The van der Waals surface area contributed by atoms with Gasteiger partial charge in [0.25, 0.3) is 5.91 Å². The number of nitrogens with zero attached hydrogens (tertiary/aromatic N) is 3. The smallest absolute Gasteiger partial charge is 0.255 e. The van der Waals surface area contributed by atoms with Crippen molar-refractivity contribution in [3.05, 3.63) is 72.2 Å². The molecule has 4 aromatic rings. The van der Waals surface area contributed by atoms with Gasteiger partial charge in [-0.1, -0.05) is 30.3 Å². The van der Waals surface area contributed by atoms with Crippen molar-refractivity contribution in [3.8, 4) is 5.75 Å². The molecule has 0 fully saturated rings. The molecular weight excluding hydrogens is 328 g/mol. The van der Waals surface area contributed by atoms with Gasteiger partial charge in [0, 0.05) is 6.20 Å². The molecule has 0 spiro atoms. The first-order chi connectivity index (χ1) is 12.8. The summed E-state index contributed by atoms with van der Waals surface area (Å²) < 4.78 is 7.53. The number of benzene rings is 2. The van der Waals surface area contributed by atoms with Crippen LogP contribution in [-0.4, -0.2) is 27.1 Å². The molecule has 6 heteroatoms. The second-order valence-corrected chi connectivity index (χ2v) is 5.86. The highest BCUT2D eigenvalue weighted by molar-refractivity contribution is 6.01. The normalized spacial score (nSPS) is 11.0. The summed E-state index contributed by atoms with van der Waals surface area (Å²) in [4.78, 5) is 12.8. The van der Waals surface area contributed by atoms with Gasteiger partial charge in [-0.2, -0.15) is 0 Å². The standard InChI is InChI=1S/C20H18N4O2/c1-2-26-17-12-15-8-4-3-7-14(15)11-16(17)20(25)21-13-19-23-22-18-9-5-6-10-24(18)19/h3-12H,2,13H2,1H3,(H,21,25). The Morgan fingerprint density at radius 3 is 2.65 bits per heavy atom. The zero-order valence-electron chi connectivity index (χ0n) is 14.3. The Morgan fingerprint density at radius 1 is 1.08 bits per heavy atom. The molecule has 26 heavy (non-hydrogen) atoms. The fourth-order valence-electron chi connectivity index (χ4n) is 2.94. The lowest BCUT2D eigenvalue weighted by Gasteiger charge is -2.12. The van der Waals surface area contributed by atoms with Crippen molar-refractivity contribution in [1.82, 2.24) is 19.9 Å². The molecule has 2 aromatic carbocycles. The number of carbonyl (C=O) groups excluding carboxylic acids is 1. The summed E-state index contributed by atoms with van der Waals surface area (Å²) in [7, 11) is 0. The molecule has 2 heterocycles. The predicted octanol–water partition coefficient (Wildman–Crippen LogP) is 3.21. The van der Waals surface area contributed by atoms with Gasteiger partial charge in [-0.3, -0.25) is 9.20 Å². The van der Waals surface area contributed by atoms with E-state index in [2.05, 4.69) is 15.5 Å². The first kappa shape index (κ1) is 16.1. The van der Waals surface area contributed by atoms with Gasteiger partial charge in [-0.05, 0) is 42.0 Å². The zero-order valence-corrected chi connectivity index (χ0v) is 14.3. The maximum atomic E-state index is 12.8. The molecule has 130 valence electrons. The maximum absolute atomic E-state index is 12.8. The van der Waals surface area contributed by atoms with Gasteiger partial charge in [-0.15, -0.1) is 10.2 Å². The van der Waals surface area contributed by atoms with Crippen molar-refractivity contribution in [2.45, 2.75) is 13.5 Å². The van der Waals surface area contributed by atoms with Crippen LogP contribution >= 0.6 is 0 Å². The van der Waals surface area contributed by atoms with Crippen LogP contribution in [0.2, 0.25) is 0 Å². The van der Waals surface area contributed by atoms with Crippen molar-refractivity contribution >= 4 is 22.3 Å². The largest absolute Gasteiger partial charge is 0.493 e. The lowest BCUT2D eigenvalue weighted by molar-refractivity contribution is 0.0946. The zero-order chi connectivity index (χ0) is 17.9. The second kappa shape index (κ2) is 6.84. The number of fused-ring (bicyclic) bond motifs is 2. The van der Waals surface area contributed by atoms with E-state index in [0.29, 0.717) is 23.7 Å². The van der Waals surface area contributed by atoms with E-state index in [9.17, 15) is 4.79 Å². The van der Waals surface area contributed by atoms with E-state index < -0.39 is 0 Å². The highest BCUT2D eigenvalue weighted by atomic mass is 16.5.